The number of alkyl halides is 1. The maximum absolute atomic E-state index is 5.50. The fourth-order valence-electron chi connectivity index (χ4n) is 0.688. The summed E-state index contributed by atoms with van der Waals surface area (Å²) in [5, 5.41) is 0.869. The van der Waals surface area contributed by atoms with Crippen molar-refractivity contribution in [2.75, 3.05) is 5.33 Å². The highest BCUT2D eigenvalue weighted by Gasteiger charge is 2.41. The van der Waals surface area contributed by atoms with Gasteiger partial charge in [-0.25, -0.2) is 0 Å². The van der Waals surface area contributed by atoms with Crippen molar-refractivity contribution >= 4 is 15.9 Å². The van der Waals surface area contributed by atoms with Crippen LogP contribution in [0, 0.1) is 0 Å². The molecule has 0 aromatic heterocycles. The predicted molar refractivity (Wildman–Crippen MR) is 43.3 cm³/mol. The minimum absolute atomic E-state index is 0.0272. The number of ether oxygens (including phenoxy) is 2. The summed E-state index contributed by atoms with van der Waals surface area (Å²) in [6, 6.07) is 0. The van der Waals surface area contributed by atoms with Crippen molar-refractivity contribution in [3.05, 3.63) is 0 Å². The smallest absolute Gasteiger partial charge is 0.185 e. The predicted octanol–water partition coefficient (Wildman–Crippen LogP) is 1.92. The number of halogens is 1. The third-order valence-corrected chi connectivity index (χ3v) is 1.80. The molecule has 1 aliphatic rings. The van der Waals surface area contributed by atoms with Crippen LogP contribution in [0.4, 0.5) is 0 Å². The molecule has 1 fully saturated rings. The Morgan fingerprint density at radius 2 is 2.10 bits per heavy atom. The van der Waals surface area contributed by atoms with Gasteiger partial charge in [-0.05, 0) is 20.8 Å². The van der Waals surface area contributed by atoms with E-state index in [4.69, 9.17) is 9.47 Å². The van der Waals surface area contributed by atoms with Crippen molar-refractivity contribution in [1.82, 2.24) is 0 Å². The third-order valence-electron chi connectivity index (χ3n) is 1.16. The molecule has 0 aliphatic carbocycles. The van der Waals surface area contributed by atoms with Crippen LogP contribution in [0.25, 0.3) is 0 Å². The Bertz CT molecular complexity index is 119. The number of epoxide rings is 1. The van der Waals surface area contributed by atoms with Gasteiger partial charge in [-0.15, -0.1) is 0 Å². The lowest BCUT2D eigenvalue weighted by molar-refractivity contribution is -0.0569. The SMILES string of the molecule is CC(C)(C)OC1OC1CBr. The Hall–Kier alpha value is 0.400. The van der Waals surface area contributed by atoms with Gasteiger partial charge in [0, 0.05) is 5.33 Å². The van der Waals surface area contributed by atoms with E-state index >= 15 is 0 Å². The van der Waals surface area contributed by atoms with Gasteiger partial charge in [0.1, 0.15) is 6.10 Å². The standard InChI is InChI=1S/C7H13BrO2/c1-7(2,3)10-6-5(4-8)9-6/h5-6H,4H2,1-3H3. The van der Waals surface area contributed by atoms with Crippen LogP contribution in [0.15, 0.2) is 0 Å². The molecule has 1 saturated heterocycles. The normalized spacial score (nSPS) is 32.4. The maximum Gasteiger partial charge on any atom is 0.185 e. The molecule has 0 radical (unpaired) electrons. The maximum atomic E-state index is 5.50. The van der Waals surface area contributed by atoms with Crippen molar-refractivity contribution in [3.8, 4) is 0 Å². The van der Waals surface area contributed by atoms with E-state index in [0.29, 0.717) is 0 Å². The van der Waals surface area contributed by atoms with E-state index < -0.39 is 0 Å². The summed E-state index contributed by atoms with van der Waals surface area (Å²) in [5.74, 6) is 0. The first-order chi connectivity index (χ1) is 4.53. The van der Waals surface area contributed by atoms with E-state index in [0.717, 1.165) is 5.33 Å². The van der Waals surface area contributed by atoms with Crippen LogP contribution >= 0.6 is 15.9 Å². The second-order valence-electron chi connectivity index (χ2n) is 3.43. The summed E-state index contributed by atoms with van der Waals surface area (Å²) in [5.41, 5.74) is -0.0818. The van der Waals surface area contributed by atoms with Crippen molar-refractivity contribution < 1.29 is 9.47 Å². The molecular formula is C7H13BrO2. The molecule has 3 heteroatoms. The number of hydrogen-bond donors (Lipinski definition) is 0. The number of rotatable bonds is 2. The Balaban J connectivity index is 2.18. The summed E-state index contributed by atoms with van der Waals surface area (Å²) < 4.78 is 10.7. The molecule has 0 saturated carbocycles. The van der Waals surface area contributed by atoms with Gasteiger partial charge in [0.25, 0.3) is 0 Å². The average molecular weight is 209 g/mol. The lowest BCUT2D eigenvalue weighted by Crippen LogP contribution is -2.22. The van der Waals surface area contributed by atoms with Gasteiger partial charge in [-0.2, -0.15) is 0 Å². The second-order valence-corrected chi connectivity index (χ2v) is 4.07. The fraction of sp³-hybridized carbons (Fsp3) is 1.00. The molecule has 0 aromatic carbocycles. The largest absolute Gasteiger partial charge is 0.344 e. The van der Waals surface area contributed by atoms with Crippen LogP contribution in [0.1, 0.15) is 20.8 Å². The van der Waals surface area contributed by atoms with Gasteiger partial charge in [-0.3, -0.25) is 0 Å². The lowest BCUT2D eigenvalue weighted by Gasteiger charge is -2.17. The zero-order valence-electron chi connectivity index (χ0n) is 6.56. The molecule has 10 heavy (non-hydrogen) atoms. The van der Waals surface area contributed by atoms with Gasteiger partial charge in [0.2, 0.25) is 0 Å². The first kappa shape index (κ1) is 8.50. The van der Waals surface area contributed by atoms with Crippen molar-refractivity contribution in [2.45, 2.75) is 38.8 Å². The highest BCUT2D eigenvalue weighted by Crippen LogP contribution is 2.28. The molecule has 0 spiro atoms. The van der Waals surface area contributed by atoms with Crippen molar-refractivity contribution in [2.24, 2.45) is 0 Å². The molecule has 0 bridgehead atoms. The topological polar surface area (TPSA) is 21.8 Å². The minimum atomic E-state index is -0.0818. The molecule has 2 nitrogen and oxygen atoms in total. The number of hydrogen-bond acceptors (Lipinski definition) is 2. The van der Waals surface area contributed by atoms with E-state index in [1.165, 1.54) is 0 Å². The molecular weight excluding hydrogens is 196 g/mol. The quantitative estimate of drug-likeness (QED) is 0.512. The van der Waals surface area contributed by atoms with Crippen LogP contribution in [-0.4, -0.2) is 23.3 Å². The van der Waals surface area contributed by atoms with Crippen molar-refractivity contribution in [1.29, 1.82) is 0 Å². The van der Waals surface area contributed by atoms with Crippen molar-refractivity contribution in [3.63, 3.8) is 0 Å². The van der Waals surface area contributed by atoms with E-state index in [2.05, 4.69) is 15.9 Å². The average Bonchev–Trinajstić information content (AvgIpc) is 2.42. The molecule has 0 amide bonds. The summed E-state index contributed by atoms with van der Waals surface area (Å²) in [6.07, 6.45) is 0.304. The van der Waals surface area contributed by atoms with E-state index in [1.54, 1.807) is 0 Å². The van der Waals surface area contributed by atoms with Gasteiger partial charge in [0.15, 0.2) is 6.29 Å². The second kappa shape index (κ2) is 2.80. The monoisotopic (exact) mass is 208 g/mol. The summed E-state index contributed by atoms with van der Waals surface area (Å²) in [4.78, 5) is 0. The zero-order valence-corrected chi connectivity index (χ0v) is 8.14. The Morgan fingerprint density at radius 3 is 2.40 bits per heavy atom. The molecule has 2 unspecified atom stereocenters. The summed E-state index contributed by atoms with van der Waals surface area (Å²) in [6.45, 7) is 6.08. The lowest BCUT2D eigenvalue weighted by atomic mass is 10.2. The molecule has 60 valence electrons. The fourth-order valence-corrected chi connectivity index (χ4v) is 1.15. The molecule has 1 aliphatic heterocycles. The van der Waals surface area contributed by atoms with Crippen LogP contribution in [0.3, 0.4) is 0 Å². The van der Waals surface area contributed by atoms with Crippen LogP contribution in [0.5, 0.6) is 0 Å². The molecule has 0 N–H and O–H groups in total. The van der Waals surface area contributed by atoms with Crippen LogP contribution in [0.2, 0.25) is 0 Å². The van der Waals surface area contributed by atoms with E-state index in [1.807, 2.05) is 20.8 Å². The highest BCUT2D eigenvalue weighted by atomic mass is 79.9. The van der Waals surface area contributed by atoms with Gasteiger partial charge in [-0.1, -0.05) is 15.9 Å². The van der Waals surface area contributed by atoms with Crippen LogP contribution in [-0.2, 0) is 9.47 Å². The molecule has 1 rings (SSSR count). The molecule has 2 atom stereocenters. The first-order valence-electron chi connectivity index (χ1n) is 3.42. The molecule has 1 heterocycles. The summed E-state index contributed by atoms with van der Waals surface area (Å²) in [7, 11) is 0. The Morgan fingerprint density at radius 1 is 1.50 bits per heavy atom. The Labute approximate surface area is 70.0 Å². The van der Waals surface area contributed by atoms with Crippen LogP contribution < -0.4 is 0 Å². The van der Waals surface area contributed by atoms with Gasteiger partial charge in [0.05, 0.1) is 5.60 Å². The third kappa shape index (κ3) is 2.56. The molecule has 0 aromatic rings. The van der Waals surface area contributed by atoms with E-state index in [9.17, 15) is 0 Å². The minimum Gasteiger partial charge on any atom is -0.344 e. The van der Waals surface area contributed by atoms with Gasteiger partial charge >= 0.3 is 0 Å². The Kier molecular flexibility index (Phi) is 2.38. The zero-order chi connectivity index (χ0) is 7.78. The first-order valence-corrected chi connectivity index (χ1v) is 4.54. The summed E-state index contributed by atoms with van der Waals surface area (Å²) >= 11 is 3.32. The van der Waals surface area contributed by atoms with E-state index in [-0.39, 0.29) is 18.0 Å². The van der Waals surface area contributed by atoms with Gasteiger partial charge < -0.3 is 9.47 Å². The highest BCUT2D eigenvalue weighted by molar-refractivity contribution is 9.09.